The molecule has 3 rings (SSSR count). The molecule has 1 saturated heterocycles. The van der Waals surface area contributed by atoms with Crippen molar-refractivity contribution in [3.63, 3.8) is 0 Å². The molecule has 0 aromatic heterocycles. The quantitative estimate of drug-likeness (QED) is 0.856. The molecular formula is C19H20FNO3. The summed E-state index contributed by atoms with van der Waals surface area (Å²) in [6.45, 7) is 0.608. The van der Waals surface area contributed by atoms with Crippen LogP contribution in [0.5, 0.6) is 11.5 Å². The second-order valence-electron chi connectivity index (χ2n) is 5.76. The van der Waals surface area contributed by atoms with E-state index in [1.165, 1.54) is 19.2 Å². The zero-order chi connectivity index (χ0) is 17.1. The summed E-state index contributed by atoms with van der Waals surface area (Å²) in [6, 6.07) is 12.2. The number of benzene rings is 2. The van der Waals surface area contributed by atoms with Crippen molar-refractivity contribution in [2.24, 2.45) is 0 Å². The van der Waals surface area contributed by atoms with Crippen LogP contribution in [0.15, 0.2) is 42.5 Å². The van der Waals surface area contributed by atoms with Crippen LogP contribution in [0.4, 0.5) is 4.39 Å². The van der Waals surface area contributed by atoms with Gasteiger partial charge in [-0.2, -0.15) is 0 Å². The van der Waals surface area contributed by atoms with Crippen molar-refractivity contribution in [1.82, 2.24) is 4.90 Å². The molecule has 2 aromatic rings. The fraction of sp³-hybridized carbons (Fsp3) is 0.316. The molecule has 1 aliphatic rings. The average molecular weight is 329 g/mol. The van der Waals surface area contributed by atoms with Gasteiger partial charge in [-0.05, 0) is 42.7 Å². The highest BCUT2D eigenvalue weighted by Gasteiger charge is 2.32. The van der Waals surface area contributed by atoms with E-state index >= 15 is 0 Å². The van der Waals surface area contributed by atoms with E-state index in [-0.39, 0.29) is 23.3 Å². The molecule has 126 valence electrons. The minimum atomic E-state index is -0.610. The molecule has 1 aliphatic heterocycles. The van der Waals surface area contributed by atoms with Crippen LogP contribution < -0.4 is 9.47 Å². The van der Waals surface area contributed by atoms with Crippen LogP contribution in [0, 0.1) is 5.82 Å². The van der Waals surface area contributed by atoms with E-state index in [0.717, 1.165) is 24.2 Å². The molecule has 2 aromatic carbocycles. The maximum Gasteiger partial charge on any atom is 0.257 e. The Kier molecular flexibility index (Phi) is 4.69. The number of carbonyl (C=O) groups excluding carboxylic acids is 1. The number of hydrogen-bond acceptors (Lipinski definition) is 3. The molecule has 0 saturated carbocycles. The summed E-state index contributed by atoms with van der Waals surface area (Å²) in [6.07, 6.45) is 1.74. The predicted molar refractivity (Wildman–Crippen MR) is 89.0 cm³/mol. The van der Waals surface area contributed by atoms with Crippen molar-refractivity contribution in [3.05, 3.63) is 59.4 Å². The van der Waals surface area contributed by atoms with Gasteiger partial charge >= 0.3 is 0 Å². The minimum Gasteiger partial charge on any atom is -0.497 e. The van der Waals surface area contributed by atoms with Crippen molar-refractivity contribution in [1.29, 1.82) is 0 Å². The molecule has 1 atom stereocenters. The third kappa shape index (κ3) is 2.94. The lowest BCUT2D eigenvalue weighted by Crippen LogP contribution is -2.31. The summed E-state index contributed by atoms with van der Waals surface area (Å²) < 4.78 is 24.7. The lowest BCUT2D eigenvalue weighted by Gasteiger charge is -2.26. The fourth-order valence-electron chi connectivity index (χ4n) is 3.19. The van der Waals surface area contributed by atoms with Gasteiger partial charge in [0.15, 0.2) is 11.6 Å². The first-order valence-electron chi connectivity index (χ1n) is 7.93. The number of methoxy groups -OCH3 is 2. The number of hydrogen-bond donors (Lipinski definition) is 0. The van der Waals surface area contributed by atoms with E-state index in [2.05, 4.69) is 0 Å². The third-order valence-corrected chi connectivity index (χ3v) is 4.41. The summed E-state index contributed by atoms with van der Waals surface area (Å²) in [5.74, 6) is -0.0876. The van der Waals surface area contributed by atoms with Gasteiger partial charge < -0.3 is 14.4 Å². The van der Waals surface area contributed by atoms with Gasteiger partial charge in [0.1, 0.15) is 5.75 Å². The molecule has 5 heteroatoms. The Morgan fingerprint density at radius 2 is 1.96 bits per heavy atom. The normalized spacial score (nSPS) is 17.0. The molecule has 24 heavy (non-hydrogen) atoms. The summed E-state index contributed by atoms with van der Waals surface area (Å²) in [4.78, 5) is 14.6. The second kappa shape index (κ2) is 6.91. The van der Waals surface area contributed by atoms with Crippen molar-refractivity contribution in [2.45, 2.75) is 18.9 Å². The van der Waals surface area contributed by atoms with E-state index in [4.69, 9.17) is 9.47 Å². The molecule has 1 amide bonds. The van der Waals surface area contributed by atoms with E-state index < -0.39 is 5.82 Å². The number of likely N-dealkylation sites (tertiary alicyclic amines) is 1. The fourth-order valence-corrected chi connectivity index (χ4v) is 3.19. The summed E-state index contributed by atoms with van der Waals surface area (Å²) in [5, 5.41) is 0. The number of halogens is 1. The van der Waals surface area contributed by atoms with Crippen LogP contribution in [0.2, 0.25) is 0 Å². The highest BCUT2D eigenvalue weighted by Crippen LogP contribution is 2.35. The Balaban J connectivity index is 1.91. The minimum absolute atomic E-state index is 0.0455. The molecule has 1 fully saturated rings. The van der Waals surface area contributed by atoms with Gasteiger partial charge in [0.05, 0.1) is 25.8 Å². The second-order valence-corrected chi connectivity index (χ2v) is 5.76. The van der Waals surface area contributed by atoms with Crippen molar-refractivity contribution in [3.8, 4) is 11.5 Å². The molecular weight excluding hydrogens is 309 g/mol. The van der Waals surface area contributed by atoms with Gasteiger partial charge in [0.25, 0.3) is 5.91 Å². The van der Waals surface area contributed by atoms with Crippen LogP contribution in [0.25, 0.3) is 0 Å². The summed E-state index contributed by atoms with van der Waals surface area (Å²) in [7, 11) is 3.00. The monoisotopic (exact) mass is 329 g/mol. The Bertz CT molecular complexity index is 747. The first kappa shape index (κ1) is 16.3. The van der Waals surface area contributed by atoms with Gasteiger partial charge in [-0.1, -0.05) is 18.2 Å². The van der Waals surface area contributed by atoms with E-state index in [0.29, 0.717) is 6.54 Å². The topological polar surface area (TPSA) is 38.8 Å². The van der Waals surface area contributed by atoms with Gasteiger partial charge in [0.2, 0.25) is 0 Å². The molecule has 1 heterocycles. The summed E-state index contributed by atoms with van der Waals surface area (Å²) in [5.41, 5.74) is 1.05. The van der Waals surface area contributed by atoms with E-state index in [9.17, 15) is 9.18 Å². The SMILES string of the molecule is COc1cccc(C2CCCN2C(=O)c2cccc(OC)c2F)c1. The van der Waals surface area contributed by atoms with Gasteiger partial charge in [-0.15, -0.1) is 0 Å². The average Bonchev–Trinajstić information content (AvgIpc) is 3.11. The zero-order valence-electron chi connectivity index (χ0n) is 13.8. The molecule has 0 aliphatic carbocycles. The first-order valence-corrected chi connectivity index (χ1v) is 7.93. The number of ether oxygens (including phenoxy) is 2. The lowest BCUT2D eigenvalue weighted by molar-refractivity contribution is 0.0730. The van der Waals surface area contributed by atoms with Crippen molar-refractivity contribution in [2.75, 3.05) is 20.8 Å². The number of nitrogens with zero attached hydrogens (tertiary/aromatic N) is 1. The predicted octanol–water partition coefficient (Wildman–Crippen LogP) is 3.82. The third-order valence-electron chi connectivity index (χ3n) is 4.41. The Hall–Kier alpha value is -2.56. The number of rotatable bonds is 4. The highest BCUT2D eigenvalue weighted by atomic mass is 19.1. The van der Waals surface area contributed by atoms with E-state index in [1.807, 2.05) is 24.3 Å². The largest absolute Gasteiger partial charge is 0.497 e. The van der Waals surface area contributed by atoms with Gasteiger partial charge in [-0.3, -0.25) is 4.79 Å². The molecule has 0 bridgehead atoms. The number of amides is 1. The molecule has 4 nitrogen and oxygen atoms in total. The van der Waals surface area contributed by atoms with Crippen LogP contribution in [0.1, 0.15) is 34.8 Å². The van der Waals surface area contributed by atoms with Gasteiger partial charge in [-0.25, -0.2) is 4.39 Å². The lowest BCUT2D eigenvalue weighted by atomic mass is 10.0. The van der Waals surface area contributed by atoms with Crippen LogP contribution in [0.3, 0.4) is 0 Å². The molecule has 0 spiro atoms. The Morgan fingerprint density at radius 1 is 1.17 bits per heavy atom. The van der Waals surface area contributed by atoms with E-state index in [1.54, 1.807) is 18.1 Å². The van der Waals surface area contributed by atoms with Crippen LogP contribution in [-0.4, -0.2) is 31.6 Å². The molecule has 0 radical (unpaired) electrons. The van der Waals surface area contributed by atoms with Crippen molar-refractivity contribution >= 4 is 5.91 Å². The maximum atomic E-state index is 14.4. The molecule has 1 unspecified atom stereocenters. The summed E-state index contributed by atoms with van der Waals surface area (Å²) >= 11 is 0. The van der Waals surface area contributed by atoms with Crippen molar-refractivity contribution < 1.29 is 18.7 Å². The maximum absolute atomic E-state index is 14.4. The van der Waals surface area contributed by atoms with Gasteiger partial charge in [0, 0.05) is 6.54 Å². The smallest absolute Gasteiger partial charge is 0.257 e. The van der Waals surface area contributed by atoms with Crippen LogP contribution in [-0.2, 0) is 0 Å². The Morgan fingerprint density at radius 3 is 2.71 bits per heavy atom. The Labute approximate surface area is 140 Å². The molecule has 0 N–H and O–H groups in total. The number of carbonyl (C=O) groups is 1. The standard InChI is InChI=1S/C19H20FNO3/c1-23-14-7-3-6-13(12-14)16-9-5-11-21(16)19(22)15-8-4-10-17(24-2)18(15)20/h3-4,6-8,10,12,16H,5,9,11H2,1-2H3. The van der Waals surface area contributed by atoms with Crippen LogP contribution >= 0.6 is 0 Å². The highest BCUT2D eigenvalue weighted by molar-refractivity contribution is 5.95. The zero-order valence-corrected chi connectivity index (χ0v) is 13.8. The first-order chi connectivity index (χ1) is 11.7.